The third kappa shape index (κ3) is 3.86. The summed E-state index contributed by atoms with van der Waals surface area (Å²) in [4.78, 5) is 0. The molecule has 1 fully saturated rings. The zero-order valence-electron chi connectivity index (χ0n) is 14.6. The highest BCUT2D eigenvalue weighted by atomic mass is 16.5. The van der Waals surface area contributed by atoms with Crippen molar-refractivity contribution in [3.8, 4) is 22.3 Å². The molecule has 2 atom stereocenters. The van der Waals surface area contributed by atoms with Crippen molar-refractivity contribution in [2.24, 2.45) is 0 Å². The summed E-state index contributed by atoms with van der Waals surface area (Å²) in [6.07, 6.45) is -0.521. The minimum Gasteiger partial charge on any atom is -0.389 e. The Bertz CT molecular complexity index is 846. The van der Waals surface area contributed by atoms with Crippen molar-refractivity contribution >= 4 is 0 Å². The summed E-state index contributed by atoms with van der Waals surface area (Å²) in [6, 6.07) is 27.5. The van der Waals surface area contributed by atoms with Gasteiger partial charge in [-0.1, -0.05) is 72.8 Å². The molecular formula is C23H23NO2. The summed E-state index contributed by atoms with van der Waals surface area (Å²) in [5.74, 6) is 0. The minimum atomic E-state index is -0.407. The molecule has 3 heteroatoms. The van der Waals surface area contributed by atoms with Crippen molar-refractivity contribution in [2.45, 2.75) is 18.8 Å². The SMILES string of the molecule is O[C@H]1CNC[C@@H]1OCc1ccc(-c2cccc(-c3ccccc3)c2)cc1. The van der Waals surface area contributed by atoms with Crippen LogP contribution in [0.4, 0.5) is 0 Å². The lowest BCUT2D eigenvalue weighted by Gasteiger charge is -2.14. The highest BCUT2D eigenvalue weighted by Gasteiger charge is 2.25. The zero-order chi connectivity index (χ0) is 17.8. The third-order valence-electron chi connectivity index (χ3n) is 4.85. The van der Waals surface area contributed by atoms with Crippen LogP contribution in [0.5, 0.6) is 0 Å². The smallest absolute Gasteiger partial charge is 0.0974 e. The average Bonchev–Trinajstić information content (AvgIpc) is 3.12. The van der Waals surface area contributed by atoms with Gasteiger partial charge in [0.25, 0.3) is 0 Å². The highest BCUT2D eigenvalue weighted by Crippen LogP contribution is 2.26. The molecule has 132 valence electrons. The summed E-state index contributed by atoms with van der Waals surface area (Å²) < 4.78 is 5.81. The summed E-state index contributed by atoms with van der Waals surface area (Å²) in [5.41, 5.74) is 5.96. The lowest BCUT2D eigenvalue weighted by Crippen LogP contribution is -2.26. The van der Waals surface area contributed by atoms with E-state index in [2.05, 4.69) is 78.1 Å². The van der Waals surface area contributed by atoms with E-state index in [4.69, 9.17) is 4.74 Å². The van der Waals surface area contributed by atoms with E-state index in [1.54, 1.807) is 0 Å². The Morgan fingerprint density at radius 2 is 1.42 bits per heavy atom. The molecule has 26 heavy (non-hydrogen) atoms. The molecule has 0 bridgehead atoms. The zero-order valence-corrected chi connectivity index (χ0v) is 14.6. The van der Waals surface area contributed by atoms with Crippen LogP contribution >= 0.6 is 0 Å². The van der Waals surface area contributed by atoms with E-state index in [0.29, 0.717) is 19.7 Å². The number of nitrogens with one attached hydrogen (secondary N) is 1. The van der Waals surface area contributed by atoms with E-state index in [1.165, 1.54) is 22.3 Å². The third-order valence-corrected chi connectivity index (χ3v) is 4.85. The van der Waals surface area contributed by atoms with Gasteiger partial charge in [0, 0.05) is 13.1 Å². The van der Waals surface area contributed by atoms with Crippen LogP contribution in [0.15, 0.2) is 78.9 Å². The van der Waals surface area contributed by atoms with Gasteiger partial charge in [0.1, 0.15) is 0 Å². The predicted molar refractivity (Wildman–Crippen MR) is 105 cm³/mol. The Morgan fingerprint density at radius 1 is 0.769 bits per heavy atom. The fraction of sp³-hybridized carbons (Fsp3) is 0.217. The minimum absolute atomic E-state index is 0.114. The van der Waals surface area contributed by atoms with Crippen LogP contribution in [0.25, 0.3) is 22.3 Å². The first kappa shape index (κ1) is 17.0. The molecule has 4 rings (SSSR count). The van der Waals surface area contributed by atoms with Gasteiger partial charge in [0.15, 0.2) is 0 Å². The van der Waals surface area contributed by atoms with Crippen molar-refractivity contribution in [3.05, 3.63) is 84.4 Å². The molecule has 0 aliphatic carbocycles. The molecule has 2 N–H and O–H groups in total. The van der Waals surface area contributed by atoms with Crippen LogP contribution in [-0.2, 0) is 11.3 Å². The maximum Gasteiger partial charge on any atom is 0.0974 e. The Labute approximate surface area is 154 Å². The van der Waals surface area contributed by atoms with E-state index < -0.39 is 6.10 Å². The van der Waals surface area contributed by atoms with Crippen LogP contribution < -0.4 is 5.32 Å². The largest absolute Gasteiger partial charge is 0.389 e. The summed E-state index contributed by atoms with van der Waals surface area (Å²) in [5, 5.41) is 12.9. The van der Waals surface area contributed by atoms with Gasteiger partial charge in [-0.2, -0.15) is 0 Å². The standard InChI is InChI=1S/C23H23NO2/c25-22-14-24-15-23(22)26-16-17-9-11-19(12-10-17)21-8-4-7-20(13-21)18-5-2-1-3-6-18/h1-13,22-25H,14-16H2/t22-,23-/m0/s1. The van der Waals surface area contributed by atoms with Gasteiger partial charge in [-0.15, -0.1) is 0 Å². The van der Waals surface area contributed by atoms with Gasteiger partial charge in [-0.25, -0.2) is 0 Å². The summed E-state index contributed by atoms with van der Waals surface area (Å²) >= 11 is 0. The molecule has 3 aromatic carbocycles. The summed E-state index contributed by atoms with van der Waals surface area (Å²) in [6.45, 7) is 1.85. The molecule has 1 heterocycles. The maximum atomic E-state index is 9.79. The van der Waals surface area contributed by atoms with Gasteiger partial charge in [-0.05, 0) is 33.9 Å². The van der Waals surface area contributed by atoms with Gasteiger partial charge in [0.05, 0.1) is 18.8 Å². The molecule has 0 aromatic heterocycles. The van der Waals surface area contributed by atoms with Crippen molar-refractivity contribution in [3.63, 3.8) is 0 Å². The number of aliphatic hydroxyl groups is 1. The first-order valence-corrected chi connectivity index (χ1v) is 9.05. The van der Waals surface area contributed by atoms with E-state index in [9.17, 15) is 5.11 Å². The maximum absolute atomic E-state index is 9.79. The van der Waals surface area contributed by atoms with Gasteiger partial charge >= 0.3 is 0 Å². The number of benzene rings is 3. The van der Waals surface area contributed by atoms with Crippen molar-refractivity contribution < 1.29 is 9.84 Å². The van der Waals surface area contributed by atoms with Crippen LogP contribution in [-0.4, -0.2) is 30.4 Å². The first-order chi connectivity index (χ1) is 12.8. The van der Waals surface area contributed by atoms with Gasteiger partial charge in [0.2, 0.25) is 0 Å². The average molecular weight is 345 g/mol. The Balaban J connectivity index is 1.47. The second kappa shape index (κ2) is 7.83. The van der Waals surface area contributed by atoms with Crippen LogP contribution in [0.2, 0.25) is 0 Å². The Morgan fingerprint density at radius 3 is 2.08 bits per heavy atom. The fourth-order valence-corrected chi connectivity index (χ4v) is 3.32. The Kier molecular flexibility index (Phi) is 5.12. The molecule has 0 spiro atoms. The number of hydrogen-bond acceptors (Lipinski definition) is 3. The number of rotatable bonds is 5. The predicted octanol–water partition coefficient (Wildman–Crippen LogP) is 3.87. The Hall–Kier alpha value is -2.46. The quantitative estimate of drug-likeness (QED) is 0.738. The monoisotopic (exact) mass is 345 g/mol. The van der Waals surface area contributed by atoms with Crippen LogP contribution in [0.1, 0.15) is 5.56 Å². The molecule has 3 aromatic rings. The molecule has 0 unspecified atom stereocenters. The topological polar surface area (TPSA) is 41.5 Å². The number of ether oxygens (including phenoxy) is 1. The van der Waals surface area contributed by atoms with Gasteiger partial charge in [-0.3, -0.25) is 0 Å². The number of hydrogen-bond donors (Lipinski definition) is 2. The molecule has 0 amide bonds. The molecule has 1 saturated heterocycles. The van der Waals surface area contributed by atoms with Crippen molar-refractivity contribution in [1.29, 1.82) is 0 Å². The lowest BCUT2D eigenvalue weighted by atomic mass is 9.98. The van der Waals surface area contributed by atoms with Crippen LogP contribution in [0.3, 0.4) is 0 Å². The second-order valence-corrected chi connectivity index (χ2v) is 6.72. The molecule has 1 aliphatic heterocycles. The number of β-amino-alcohol motifs (C(OH)–C–C–N with tert-alkyl or cyclic N) is 1. The molecular weight excluding hydrogens is 322 g/mol. The van der Waals surface area contributed by atoms with E-state index in [0.717, 1.165) is 5.56 Å². The first-order valence-electron chi connectivity index (χ1n) is 9.05. The molecule has 1 aliphatic rings. The number of aliphatic hydroxyl groups excluding tert-OH is 1. The van der Waals surface area contributed by atoms with Gasteiger partial charge < -0.3 is 15.2 Å². The molecule has 0 saturated carbocycles. The normalized spacial score (nSPS) is 19.6. The highest BCUT2D eigenvalue weighted by molar-refractivity contribution is 5.73. The lowest BCUT2D eigenvalue weighted by molar-refractivity contribution is -0.0169. The van der Waals surface area contributed by atoms with Crippen molar-refractivity contribution in [1.82, 2.24) is 5.32 Å². The van der Waals surface area contributed by atoms with Crippen molar-refractivity contribution in [2.75, 3.05) is 13.1 Å². The molecule has 0 radical (unpaired) electrons. The molecule has 3 nitrogen and oxygen atoms in total. The van der Waals surface area contributed by atoms with E-state index in [1.807, 2.05) is 6.07 Å². The van der Waals surface area contributed by atoms with E-state index >= 15 is 0 Å². The van der Waals surface area contributed by atoms with E-state index in [-0.39, 0.29) is 6.10 Å². The second-order valence-electron chi connectivity index (χ2n) is 6.72. The fourth-order valence-electron chi connectivity index (χ4n) is 3.32. The summed E-state index contributed by atoms with van der Waals surface area (Å²) in [7, 11) is 0. The van der Waals surface area contributed by atoms with Crippen LogP contribution in [0, 0.1) is 0 Å².